The summed E-state index contributed by atoms with van der Waals surface area (Å²) < 4.78 is 17.3. The number of benzene rings is 1. The number of aromatic nitrogens is 4. The molecular weight excluding hydrogens is 563 g/mol. The number of anilines is 2. The number of pyridine rings is 3. The fourth-order valence-electron chi connectivity index (χ4n) is 6.78. The highest BCUT2D eigenvalue weighted by Gasteiger charge is 2.42. The molecule has 5 aromatic rings. The summed E-state index contributed by atoms with van der Waals surface area (Å²) in [5, 5.41) is 13.8. The molecule has 0 aliphatic carbocycles. The second-order valence-corrected chi connectivity index (χ2v) is 11.4. The zero-order valence-electron chi connectivity index (χ0n) is 23.1. The van der Waals surface area contributed by atoms with Crippen LogP contribution < -0.4 is 21.1 Å². The molecule has 11 nitrogen and oxygen atoms in total. The number of hydrogen-bond acceptors (Lipinski definition) is 8. The highest BCUT2D eigenvalue weighted by Crippen LogP contribution is 2.47. The molecular formula is C29H28ClFN8O3. The van der Waals surface area contributed by atoms with E-state index in [1.165, 1.54) is 10.9 Å². The van der Waals surface area contributed by atoms with Gasteiger partial charge >= 0.3 is 5.97 Å². The van der Waals surface area contributed by atoms with Crippen LogP contribution in [0.3, 0.4) is 0 Å². The van der Waals surface area contributed by atoms with Gasteiger partial charge < -0.3 is 30.6 Å². The van der Waals surface area contributed by atoms with Crippen LogP contribution in [0, 0.1) is 11.7 Å². The summed E-state index contributed by atoms with van der Waals surface area (Å²) in [4.78, 5) is 42.3. The number of carboxylic acid groups (broad SMARTS) is 1. The summed E-state index contributed by atoms with van der Waals surface area (Å²) >= 11 is 6.39. The summed E-state index contributed by atoms with van der Waals surface area (Å²) in [6, 6.07) is 3.39. The maximum atomic E-state index is 15.9. The number of fused-ring (bicyclic) bond motifs is 5. The van der Waals surface area contributed by atoms with E-state index >= 15 is 4.39 Å². The zero-order chi connectivity index (χ0) is 29.4. The number of likely N-dealkylation sites (N-methyl/N-ethyl adjacent to an activating group) is 1. The highest BCUT2D eigenvalue weighted by molar-refractivity contribution is 6.33. The molecule has 4 aromatic heterocycles. The van der Waals surface area contributed by atoms with Crippen molar-refractivity contribution >= 4 is 61.9 Å². The van der Waals surface area contributed by atoms with Gasteiger partial charge in [0.25, 0.3) is 0 Å². The zero-order valence-corrected chi connectivity index (χ0v) is 23.9. The second kappa shape index (κ2) is 9.57. The Labute approximate surface area is 243 Å². The fraction of sp³-hybridized carbons (Fsp3) is 0.310. The van der Waals surface area contributed by atoms with E-state index in [4.69, 9.17) is 16.6 Å². The first kappa shape index (κ1) is 26.5. The molecule has 7 rings (SSSR count). The van der Waals surface area contributed by atoms with Crippen molar-refractivity contribution < 1.29 is 14.3 Å². The van der Waals surface area contributed by atoms with Gasteiger partial charge in [-0.05, 0) is 31.5 Å². The summed E-state index contributed by atoms with van der Waals surface area (Å²) in [6.45, 7) is 2.59. The van der Waals surface area contributed by atoms with Crippen LogP contribution in [0.4, 0.5) is 15.8 Å². The van der Waals surface area contributed by atoms with Crippen LogP contribution in [0.25, 0.3) is 44.1 Å². The van der Waals surface area contributed by atoms with Crippen LogP contribution >= 0.6 is 11.6 Å². The highest BCUT2D eigenvalue weighted by atomic mass is 35.5. The van der Waals surface area contributed by atoms with Gasteiger partial charge in [0.05, 0.1) is 38.1 Å². The van der Waals surface area contributed by atoms with Gasteiger partial charge in [-0.1, -0.05) is 11.6 Å². The number of carboxylic acids is 1. The normalized spacial score (nSPS) is 18.8. The van der Waals surface area contributed by atoms with Crippen LogP contribution in [0.2, 0.25) is 5.02 Å². The van der Waals surface area contributed by atoms with Gasteiger partial charge in [-0.25, -0.2) is 23.8 Å². The SMILES string of the molecule is CNc1cc(Cl)c(F)c2c1[nH]c1ncc(-c3cnc4c(c3)c(=O)c(C(=O)O)cn4NC)c(N3CCC4CN(C)CC43)c12. The van der Waals surface area contributed by atoms with Gasteiger partial charge in [0.1, 0.15) is 11.2 Å². The van der Waals surface area contributed by atoms with Crippen molar-refractivity contribution in [2.24, 2.45) is 5.92 Å². The number of nitrogens with zero attached hydrogens (tertiary/aromatic N) is 5. The van der Waals surface area contributed by atoms with E-state index in [9.17, 15) is 14.7 Å². The lowest BCUT2D eigenvalue weighted by atomic mass is 9.99. The van der Waals surface area contributed by atoms with Crippen molar-refractivity contribution in [3.63, 3.8) is 0 Å². The number of hydrogen-bond donors (Lipinski definition) is 4. The lowest BCUT2D eigenvalue weighted by molar-refractivity contribution is 0.0695. The van der Waals surface area contributed by atoms with Gasteiger partial charge in [0, 0.05) is 69.5 Å². The molecule has 0 radical (unpaired) electrons. The van der Waals surface area contributed by atoms with Crippen molar-refractivity contribution in [1.82, 2.24) is 24.5 Å². The molecule has 2 unspecified atom stereocenters. The number of aromatic amines is 1. The van der Waals surface area contributed by atoms with Gasteiger partial charge in [-0.2, -0.15) is 0 Å². The van der Waals surface area contributed by atoms with Crippen LogP contribution in [-0.2, 0) is 0 Å². The predicted octanol–water partition coefficient (Wildman–Crippen LogP) is 3.94. The van der Waals surface area contributed by atoms with Crippen molar-refractivity contribution in [2.45, 2.75) is 12.5 Å². The fourth-order valence-corrected chi connectivity index (χ4v) is 6.98. The minimum Gasteiger partial charge on any atom is -0.477 e. The summed E-state index contributed by atoms with van der Waals surface area (Å²) in [6.07, 6.45) is 5.54. The first-order valence-corrected chi connectivity index (χ1v) is 14.0. The van der Waals surface area contributed by atoms with Crippen molar-refractivity contribution in [2.75, 3.05) is 56.4 Å². The van der Waals surface area contributed by atoms with Crippen molar-refractivity contribution in [1.29, 1.82) is 0 Å². The summed E-state index contributed by atoms with van der Waals surface area (Å²) in [5.74, 6) is -1.43. The molecule has 0 amide bonds. The average molecular weight is 591 g/mol. The average Bonchev–Trinajstić information content (AvgIpc) is 3.66. The number of H-pyrrole nitrogens is 1. The van der Waals surface area contributed by atoms with E-state index in [0.29, 0.717) is 44.7 Å². The Hall–Kier alpha value is -4.42. The van der Waals surface area contributed by atoms with Gasteiger partial charge in [-0.15, -0.1) is 0 Å². The molecule has 2 saturated heterocycles. The lowest BCUT2D eigenvalue weighted by Crippen LogP contribution is -2.35. The molecule has 0 bridgehead atoms. The molecule has 42 heavy (non-hydrogen) atoms. The van der Waals surface area contributed by atoms with Crippen LogP contribution in [-0.4, -0.2) is 82.4 Å². The maximum absolute atomic E-state index is 15.9. The van der Waals surface area contributed by atoms with E-state index in [1.54, 1.807) is 38.6 Å². The molecule has 216 valence electrons. The smallest absolute Gasteiger partial charge is 0.341 e. The number of likely N-dealkylation sites (tertiary alicyclic amines) is 1. The largest absolute Gasteiger partial charge is 0.477 e. The Balaban J connectivity index is 1.57. The van der Waals surface area contributed by atoms with Gasteiger partial charge in [0.2, 0.25) is 5.43 Å². The monoisotopic (exact) mass is 590 g/mol. The van der Waals surface area contributed by atoms with Gasteiger partial charge in [0.15, 0.2) is 11.5 Å². The van der Waals surface area contributed by atoms with Crippen LogP contribution in [0.15, 0.2) is 35.5 Å². The Morgan fingerprint density at radius 1 is 1.19 bits per heavy atom. The van der Waals surface area contributed by atoms with Crippen molar-refractivity contribution in [3.8, 4) is 11.1 Å². The molecule has 6 heterocycles. The van der Waals surface area contributed by atoms with E-state index in [1.807, 2.05) is 0 Å². The number of nitrogens with one attached hydrogen (secondary N) is 3. The number of halogens is 2. The van der Waals surface area contributed by atoms with Crippen LogP contribution in [0.1, 0.15) is 16.8 Å². The second-order valence-electron chi connectivity index (χ2n) is 11.0. The van der Waals surface area contributed by atoms with Gasteiger partial charge in [-0.3, -0.25) is 4.79 Å². The Bertz CT molecular complexity index is 2010. The summed E-state index contributed by atoms with van der Waals surface area (Å²) in [5.41, 5.74) is 5.84. The Kier molecular flexibility index (Phi) is 6.03. The molecule has 4 N–H and O–H groups in total. The Morgan fingerprint density at radius 3 is 2.74 bits per heavy atom. The quantitative estimate of drug-likeness (QED) is 0.240. The van der Waals surface area contributed by atoms with E-state index in [0.717, 1.165) is 31.7 Å². The molecule has 2 atom stereocenters. The topological polar surface area (TPSA) is 131 Å². The minimum atomic E-state index is -1.33. The molecule has 1 aromatic carbocycles. The first-order valence-electron chi connectivity index (χ1n) is 13.6. The Morgan fingerprint density at radius 2 is 2.00 bits per heavy atom. The van der Waals surface area contributed by atoms with E-state index in [-0.39, 0.29) is 27.7 Å². The third kappa shape index (κ3) is 3.75. The molecule has 2 aliphatic rings. The predicted molar refractivity (Wildman–Crippen MR) is 162 cm³/mol. The number of rotatable bonds is 5. The number of carbonyl (C=O) groups is 1. The minimum absolute atomic E-state index is 0.00908. The first-order chi connectivity index (χ1) is 20.2. The number of aromatic carboxylic acids is 1. The van der Waals surface area contributed by atoms with Crippen molar-refractivity contribution in [3.05, 3.63) is 57.3 Å². The standard InChI is InChI=1S/C29H28ClFN8O3/c1-32-19-7-18(30)23(31)21-22-25(38-5-4-13-10-37(3)12-20(13)38)16(9-34-27(22)36-24(19)21)14-6-15-26(40)17(29(41)42)11-39(33-2)28(15)35-8-14/h6-9,11,13,20,32-33H,4-5,10,12H2,1-3H3,(H,34,36)(H,41,42). The molecule has 13 heteroatoms. The maximum Gasteiger partial charge on any atom is 0.341 e. The van der Waals surface area contributed by atoms with E-state index < -0.39 is 17.2 Å². The molecule has 2 fully saturated rings. The molecule has 0 saturated carbocycles. The van der Waals surface area contributed by atoms with Crippen LogP contribution in [0.5, 0.6) is 0 Å². The third-order valence-electron chi connectivity index (χ3n) is 8.68. The lowest BCUT2D eigenvalue weighted by Gasteiger charge is -2.29. The molecule has 2 aliphatic heterocycles. The third-order valence-corrected chi connectivity index (χ3v) is 8.95. The molecule has 0 spiro atoms. The summed E-state index contributed by atoms with van der Waals surface area (Å²) in [7, 11) is 5.46. The van der Waals surface area contributed by atoms with E-state index in [2.05, 4.69) is 37.6 Å².